The second-order valence-electron chi connectivity index (χ2n) is 6.11. The maximum Gasteiger partial charge on any atom is 0.411 e. The molecule has 0 aromatic heterocycles. The van der Waals surface area contributed by atoms with Crippen LogP contribution in [0, 0.1) is 11.8 Å². The van der Waals surface area contributed by atoms with Gasteiger partial charge in [-0.25, -0.2) is 9.59 Å². The molecule has 5 heteroatoms. The fraction of sp³-hybridized carbons (Fsp3) is 0.833. The maximum atomic E-state index is 12.0. The first kappa shape index (κ1) is 12.2. The van der Waals surface area contributed by atoms with Gasteiger partial charge < -0.3 is 9.84 Å². The van der Waals surface area contributed by atoms with Crippen LogP contribution >= 0.6 is 0 Å². The van der Waals surface area contributed by atoms with Crippen molar-refractivity contribution in [2.75, 3.05) is 6.54 Å². The molecule has 2 fully saturated rings. The number of carboxylic acids is 1. The number of carbonyl (C=O) groups excluding carboxylic acids is 1. The molecule has 0 aromatic carbocycles. The number of hydrogen-bond acceptors (Lipinski definition) is 3. The number of amides is 1. The van der Waals surface area contributed by atoms with Gasteiger partial charge in [-0.1, -0.05) is 6.92 Å². The van der Waals surface area contributed by atoms with Gasteiger partial charge in [-0.15, -0.1) is 0 Å². The van der Waals surface area contributed by atoms with Crippen molar-refractivity contribution in [1.82, 2.24) is 4.90 Å². The highest BCUT2D eigenvalue weighted by atomic mass is 16.6. The van der Waals surface area contributed by atoms with E-state index in [0.717, 1.165) is 0 Å². The first-order valence-electron chi connectivity index (χ1n) is 5.92. The molecule has 1 aliphatic carbocycles. The number of piperidine rings is 1. The monoisotopic (exact) mass is 241 g/mol. The Labute approximate surface area is 101 Å². The van der Waals surface area contributed by atoms with E-state index in [1.165, 1.54) is 4.90 Å². The molecule has 1 N–H and O–H groups in total. The van der Waals surface area contributed by atoms with Gasteiger partial charge in [-0.2, -0.15) is 0 Å². The van der Waals surface area contributed by atoms with Gasteiger partial charge in [0.25, 0.3) is 0 Å². The summed E-state index contributed by atoms with van der Waals surface area (Å²) in [6, 6.07) is 0. The van der Waals surface area contributed by atoms with Crippen molar-refractivity contribution in [2.24, 2.45) is 11.8 Å². The van der Waals surface area contributed by atoms with Crippen molar-refractivity contribution in [2.45, 2.75) is 45.3 Å². The lowest BCUT2D eigenvalue weighted by molar-refractivity contribution is -0.144. The summed E-state index contributed by atoms with van der Waals surface area (Å²) in [5, 5.41) is 9.30. The normalized spacial score (nSPS) is 35.4. The summed E-state index contributed by atoms with van der Waals surface area (Å²) in [4.78, 5) is 24.7. The van der Waals surface area contributed by atoms with Gasteiger partial charge in [-0.05, 0) is 33.1 Å². The van der Waals surface area contributed by atoms with Crippen LogP contribution in [0.5, 0.6) is 0 Å². The first-order valence-corrected chi connectivity index (χ1v) is 5.92. The van der Waals surface area contributed by atoms with Gasteiger partial charge in [0.1, 0.15) is 11.1 Å². The molecule has 5 nitrogen and oxygen atoms in total. The van der Waals surface area contributed by atoms with Gasteiger partial charge >= 0.3 is 12.1 Å². The highest BCUT2D eigenvalue weighted by molar-refractivity contribution is 5.89. The molecular weight excluding hydrogens is 222 g/mol. The van der Waals surface area contributed by atoms with Crippen LogP contribution in [0.4, 0.5) is 4.79 Å². The number of aliphatic carboxylic acids is 1. The molecule has 1 aliphatic heterocycles. The highest BCUT2D eigenvalue weighted by Crippen LogP contribution is 2.58. The Hall–Kier alpha value is -1.26. The average Bonchev–Trinajstić information content (AvgIpc) is 2.81. The molecule has 2 rings (SSSR count). The predicted octanol–water partition coefficient (Wildman–Crippen LogP) is 1.72. The van der Waals surface area contributed by atoms with E-state index in [2.05, 4.69) is 0 Å². The molecule has 1 heterocycles. The van der Waals surface area contributed by atoms with E-state index >= 15 is 0 Å². The molecule has 2 aliphatic rings. The lowest BCUT2D eigenvalue weighted by atomic mass is 10.1. The molecule has 0 spiro atoms. The second kappa shape index (κ2) is 3.37. The Morgan fingerprint density at radius 1 is 1.41 bits per heavy atom. The fourth-order valence-electron chi connectivity index (χ4n) is 2.75. The Kier molecular flexibility index (Phi) is 2.42. The molecule has 1 saturated carbocycles. The van der Waals surface area contributed by atoms with Crippen LogP contribution in [-0.4, -0.2) is 39.8 Å². The quantitative estimate of drug-likeness (QED) is 0.759. The third-order valence-electron chi connectivity index (χ3n) is 3.61. The summed E-state index contributed by atoms with van der Waals surface area (Å²) in [5.74, 6) is -0.580. The molecule has 1 saturated heterocycles. The third kappa shape index (κ3) is 1.77. The molecule has 3 atom stereocenters. The number of fused-ring (bicyclic) bond motifs is 1. The van der Waals surface area contributed by atoms with Crippen LogP contribution in [0.15, 0.2) is 0 Å². The summed E-state index contributed by atoms with van der Waals surface area (Å²) < 4.78 is 5.27. The van der Waals surface area contributed by atoms with Crippen LogP contribution in [0.3, 0.4) is 0 Å². The zero-order valence-electron chi connectivity index (χ0n) is 10.7. The van der Waals surface area contributed by atoms with Gasteiger partial charge in [0.05, 0.1) is 0 Å². The lowest BCUT2D eigenvalue weighted by Crippen LogP contribution is -2.47. The molecule has 0 aromatic rings. The number of likely N-dealkylation sites (tertiary alicyclic amines) is 1. The number of rotatable bonds is 1. The van der Waals surface area contributed by atoms with Crippen LogP contribution in [0.1, 0.15) is 34.1 Å². The lowest BCUT2D eigenvalue weighted by Gasteiger charge is -2.29. The van der Waals surface area contributed by atoms with Crippen LogP contribution < -0.4 is 0 Å². The van der Waals surface area contributed by atoms with E-state index < -0.39 is 23.2 Å². The van der Waals surface area contributed by atoms with E-state index in [9.17, 15) is 14.7 Å². The van der Waals surface area contributed by atoms with E-state index in [0.29, 0.717) is 13.0 Å². The number of nitrogens with zero attached hydrogens (tertiary/aromatic N) is 1. The molecule has 17 heavy (non-hydrogen) atoms. The fourth-order valence-corrected chi connectivity index (χ4v) is 2.75. The first-order chi connectivity index (χ1) is 7.68. The van der Waals surface area contributed by atoms with E-state index in [1.54, 1.807) is 20.8 Å². The number of carbonyl (C=O) groups is 2. The van der Waals surface area contributed by atoms with E-state index in [1.807, 2.05) is 6.92 Å². The highest BCUT2D eigenvalue weighted by Gasteiger charge is 2.72. The van der Waals surface area contributed by atoms with Gasteiger partial charge in [0.15, 0.2) is 0 Å². The second-order valence-corrected chi connectivity index (χ2v) is 6.11. The number of carboxylic acid groups (broad SMARTS) is 1. The molecule has 1 amide bonds. The Morgan fingerprint density at radius 3 is 2.41 bits per heavy atom. The standard InChI is InChI=1S/C12H19NO4/c1-7-6-13(10(16)17-11(2,3)4)12(9(14)15)5-8(7)12/h7-8H,5-6H2,1-4H3,(H,14,15)/t7-,8+,12+/m0/s1. The van der Waals surface area contributed by atoms with Crippen LogP contribution in [0.2, 0.25) is 0 Å². The maximum absolute atomic E-state index is 12.0. The van der Waals surface area contributed by atoms with Crippen molar-refractivity contribution in [3.05, 3.63) is 0 Å². The summed E-state index contributed by atoms with van der Waals surface area (Å²) in [6.45, 7) is 7.80. The van der Waals surface area contributed by atoms with Crippen molar-refractivity contribution in [1.29, 1.82) is 0 Å². The predicted molar refractivity (Wildman–Crippen MR) is 60.6 cm³/mol. The van der Waals surface area contributed by atoms with Crippen molar-refractivity contribution < 1.29 is 19.4 Å². The Balaban J connectivity index is 2.16. The van der Waals surface area contributed by atoms with Gasteiger partial charge in [-0.3, -0.25) is 4.90 Å². The minimum absolute atomic E-state index is 0.0903. The summed E-state index contributed by atoms with van der Waals surface area (Å²) in [5.41, 5.74) is -1.57. The van der Waals surface area contributed by atoms with E-state index in [-0.39, 0.29) is 11.8 Å². The zero-order valence-corrected chi connectivity index (χ0v) is 10.7. The molecule has 0 unspecified atom stereocenters. The average molecular weight is 241 g/mol. The molecule has 0 bridgehead atoms. The summed E-state index contributed by atoms with van der Waals surface area (Å²) in [6.07, 6.45) is 0.0506. The van der Waals surface area contributed by atoms with Crippen molar-refractivity contribution in [3.8, 4) is 0 Å². The largest absolute Gasteiger partial charge is 0.479 e. The number of hydrogen-bond donors (Lipinski definition) is 1. The summed E-state index contributed by atoms with van der Waals surface area (Å²) in [7, 11) is 0. The minimum atomic E-state index is -0.984. The number of ether oxygens (including phenoxy) is 1. The third-order valence-corrected chi connectivity index (χ3v) is 3.61. The van der Waals surface area contributed by atoms with Gasteiger partial charge in [0.2, 0.25) is 0 Å². The topological polar surface area (TPSA) is 66.8 Å². The molecular formula is C12H19NO4. The Bertz CT molecular complexity index is 373. The van der Waals surface area contributed by atoms with Crippen LogP contribution in [-0.2, 0) is 9.53 Å². The van der Waals surface area contributed by atoms with E-state index in [4.69, 9.17) is 4.74 Å². The molecule has 96 valence electrons. The van der Waals surface area contributed by atoms with Gasteiger partial charge in [0, 0.05) is 12.5 Å². The van der Waals surface area contributed by atoms with Crippen molar-refractivity contribution >= 4 is 12.1 Å². The SMILES string of the molecule is C[C@H]1CN(C(=O)OC(C)(C)C)[C@]2(C(=O)O)C[C@H]12. The Morgan fingerprint density at radius 2 is 2.00 bits per heavy atom. The van der Waals surface area contributed by atoms with Crippen molar-refractivity contribution in [3.63, 3.8) is 0 Å². The summed E-state index contributed by atoms with van der Waals surface area (Å²) >= 11 is 0. The molecule has 0 radical (unpaired) electrons. The minimum Gasteiger partial charge on any atom is -0.479 e. The smallest absolute Gasteiger partial charge is 0.411 e. The zero-order chi connectivity index (χ0) is 13.0. The van der Waals surface area contributed by atoms with Crippen LogP contribution in [0.25, 0.3) is 0 Å².